The van der Waals surface area contributed by atoms with Crippen molar-refractivity contribution >= 4 is 18.8 Å². The molecule has 0 radical (unpaired) electrons. The maximum atomic E-state index is 4.93. The summed E-state index contributed by atoms with van der Waals surface area (Å²) in [6.07, 6.45) is 4.08. The van der Waals surface area contributed by atoms with E-state index in [9.17, 15) is 0 Å². The topological polar surface area (TPSA) is 0 Å². The number of rotatable bonds is 2. The first kappa shape index (κ1) is 12.0. The van der Waals surface area contributed by atoms with Gasteiger partial charge in [0.05, 0.1) is 0 Å². The van der Waals surface area contributed by atoms with Gasteiger partial charge in [-0.25, -0.2) is 0 Å². The average molecular weight is 327 g/mol. The quantitative estimate of drug-likeness (QED) is 0.727. The van der Waals surface area contributed by atoms with Crippen LogP contribution in [0.5, 0.6) is 0 Å². The van der Waals surface area contributed by atoms with Crippen molar-refractivity contribution in [3.8, 4) is 0 Å². The second-order valence-electron chi connectivity index (χ2n) is 1.41. The summed E-state index contributed by atoms with van der Waals surface area (Å²) < 4.78 is 0. The molecule has 0 atom stereocenters. The van der Waals surface area contributed by atoms with E-state index in [4.69, 9.17) is 18.8 Å². The molecule has 0 unspecified atom stereocenters. The summed E-state index contributed by atoms with van der Waals surface area (Å²) in [6.45, 7) is 4.42. The summed E-state index contributed by atoms with van der Waals surface area (Å²) in [5, 5.41) is 0. The monoisotopic (exact) mass is 326 g/mol. The van der Waals surface area contributed by atoms with Crippen molar-refractivity contribution in [3.05, 3.63) is 0 Å². The maximum absolute atomic E-state index is 4.93. The van der Waals surface area contributed by atoms with Crippen LogP contribution in [0.3, 0.4) is 0 Å². The van der Waals surface area contributed by atoms with E-state index in [1.54, 1.807) is 0 Å². The van der Waals surface area contributed by atoms with Crippen LogP contribution in [0.2, 0.25) is 0 Å². The van der Waals surface area contributed by atoms with E-state index in [0.717, 1.165) is 0 Å². The Kier molecular flexibility index (Phi) is 23.6. The zero-order chi connectivity index (χ0) is 6.83. The molecule has 0 aliphatic rings. The minimum atomic E-state index is -0.806. The summed E-state index contributed by atoms with van der Waals surface area (Å²) in [4.78, 5) is 0. The van der Waals surface area contributed by atoms with E-state index in [-0.39, 0.29) is 0 Å². The first-order chi connectivity index (χ1) is 3.83. The normalized spacial score (nSPS) is 7.50. The molecule has 0 aromatic rings. The van der Waals surface area contributed by atoms with Crippen molar-refractivity contribution in [1.82, 2.24) is 0 Å². The van der Waals surface area contributed by atoms with Crippen LogP contribution in [0.1, 0.15) is 33.1 Å². The second-order valence-corrected chi connectivity index (χ2v) is 5.65. The minimum absolute atomic E-state index is 0.806. The van der Waals surface area contributed by atoms with Gasteiger partial charge in [0.15, 0.2) is 0 Å². The van der Waals surface area contributed by atoms with Crippen LogP contribution in [0.4, 0.5) is 0 Å². The zero-order valence-electron chi connectivity index (χ0n) is 5.29. The Balaban J connectivity index is 0. The molecule has 0 aromatic heterocycles. The summed E-state index contributed by atoms with van der Waals surface area (Å²) >= 11 is -0.806. The Bertz CT molecular complexity index is 24.4. The van der Waals surface area contributed by atoms with Gasteiger partial charge in [0.1, 0.15) is 0 Å². The van der Waals surface area contributed by atoms with E-state index < -0.39 is 16.5 Å². The molecule has 0 spiro atoms. The van der Waals surface area contributed by atoms with Crippen LogP contribution in [0.15, 0.2) is 0 Å². The van der Waals surface area contributed by atoms with Crippen LogP contribution in [0, 0.1) is 0 Å². The van der Waals surface area contributed by atoms with E-state index >= 15 is 0 Å². The molecule has 0 nitrogen and oxygen atoms in total. The fourth-order valence-electron chi connectivity index (χ4n) is 0.354. The molecule has 0 amide bonds. The number of hydrogen-bond acceptors (Lipinski definition) is 0. The molecule has 0 bridgehead atoms. The van der Waals surface area contributed by atoms with Crippen molar-refractivity contribution in [2.24, 2.45) is 0 Å². The average Bonchev–Trinajstić information content (AvgIpc) is 1.71. The molecule has 3 heteroatoms. The van der Waals surface area contributed by atoms with Crippen LogP contribution in [0.25, 0.3) is 0 Å². The Morgan fingerprint density at radius 2 is 1.38 bits per heavy atom. The third-order valence-corrected chi connectivity index (χ3v) is 0.707. The van der Waals surface area contributed by atoms with E-state index in [2.05, 4.69) is 13.8 Å². The van der Waals surface area contributed by atoms with Gasteiger partial charge in [-0.1, -0.05) is 33.1 Å². The SMILES string of the molecule is CCCCC.[Cl][W][Cl]. The Morgan fingerprint density at radius 3 is 1.38 bits per heavy atom. The van der Waals surface area contributed by atoms with Crippen molar-refractivity contribution in [1.29, 1.82) is 0 Å². The molecule has 0 aliphatic heterocycles. The fourth-order valence-corrected chi connectivity index (χ4v) is 0.354. The molecule has 0 saturated carbocycles. The summed E-state index contributed by atoms with van der Waals surface area (Å²) in [5.74, 6) is 0. The van der Waals surface area contributed by atoms with Crippen LogP contribution < -0.4 is 0 Å². The van der Waals surface area contributed by atoms with Gasteiger partial charge in [0.25, 0.3) is 0 Å². The first-order valence-corrected chi connectivity index (χ1v) is 9.99. The van der Waals surface area contributed by atoms with Crippen molar-refractivity contribution < 1.29 is 16.5 Å². The van der Waals surface area contributed by atoms with Crippen molar-refractivity contribution in [3.63, 3.8) is 0 Å². The third kappa shape index (κ3) is 26.7. The van der Waals surface area contributed by atoms with Crippen LogP contribution in [-0.2, 0) is 16.5 Å². The molecule has 0 N–H and O–H groups in total. The molecular weight excluding hydrogens is 315 g/mol. The summed E-state index contributed by atoms with van der Waals surface area (Å²) in [5.41, 5.74) is 0. The van der Waals surface area contributed by atoms with Gasteiger partial charge in [-0.15, -0.1) is 0 Å². The Morgan fingerprint density at radius 1 is 1.12 bits per heavy atom. The second kappa shape index (κ2) is 15.7. The molecule has 0 saturated heterocycles. The molecule has 0 aromatic carbocycles. The van der Waals surface area contributed by atoms with E-state index in [1.165, 1.54) is 19.3 Å². The number of unbranched alkanes of at least 4 members (excludes halogenated alkanes) is 2. The molecule has 0 rings (SSSR count). The summed E-state index contributed by atoms with van der Waals surface area (Å²) in [6, 6.07) is 0. The predicted octanol–water partition coefficient (Wildman–Crippen LogP) is 3.57. The third-order valence-electron chi connectivity index (χ3n) is 0.707. The molecule has 0 heterocycles. The first-order valence-electron chi connectivity index (χ1n) is 2.72. The molecule has 8 heavy (non-hydrogen) atoms. The van der Waals surface area contributed by atoms with Gasteiger partial charge in [0, 0.05) is 0 Å². The van der Waals surface area contributed by atoms with E-state index in [0.29, 0.717) is 0 Å². The summed E-state index contributed by atoms with van der Waals surface area (Å²) in [7, 11) is 9.86. The zero-order valence-corrected chi connectivity index (χ0v) is 9.73. The van der Waals surface area contributed by atoms with Gasteiger partial charge in [-0.3, -0.25) is 0 Å². The van der Waals surface area contributed by atoms with Crippen LogP contribution >= 0.6 is 18.8 Å². The Labute approximate surface area is 68.3 Å². The van der Waals surface area contributed by atoms with Gasteiger partial charge >= 0.3 is 35.3 Å². The standard InChI is InChI=1S/C5H12.2ClH.W/c1-3-5-4-2;;;/h3-5H2,1-2H3;2*1H;/q;;;+2/p-2. The van der Waals surface area contributed by atoms with Crippen LogP contribution in [-0.4, -0.2) is 0 Å². The molecule has 0 aliphatic carbocycles. The number of halogens is 2. The van der Waals surface area contributed by atoms with Gasteiger partial charge < -0.3 is 0 Å². The molecule has 52 valence electrons. The van der Waals surface area contributed by atoms with E-state index in [1.807, 2.05) is 0 Å². The number of hydrogen-bond donors (Lipinski definition) is 0. The predicted molar refractivity (Wildman–Crippen MR) is 36.9 cm³/mol. The van der Waals surface area contributed by atoms with Crippen molar-refractivity contribution in [2.45, 2.75) is 33.1 Å². The van der Waals surface area contributed by atoms with Gasteiger partial charge in [0.2, 0.25) is 0 Å². The fraction of sp³-hybridized carbons (Fsp3) is 1.00. The molecule has 0 fully saturated rings. The van der Waals surface area contributed by atoms with Gasteiger partial charge in [-0.05, 0) is 0 Å². The molecular formula is C5H12Cl2W. The van der Waals surface area contributed by atoms with Crippen molar-refractivity contribution in [2.75, 3.05) is 0 Å². The Hall–Kier alpha value is 1.27. The van der Waals surface area contributed by atoms with Gasteiger partial charge in [-0.2, -0.15) is 0 Å².